The lowest BCUT2D eigenvalue weighted by atomic mass is 9.89. The van der Waals surface area contributed by atoms with E-state index in [1.165, 1.54) is 38.4 Å². The van der Waals surface area contributed by atoms with Crippen LogP contribution in [0.25, 0.3) is 0 Å². The van der Waals surface area contributed by atoms with Crippen LogP contribution >= 0.6 is 0 Å². The number of aromatic amines is 1. The Morgan fingerprint density at radius 3 is 2.93 bits per heavy atom. The first-order valence-electron chi connectivity index (χ1n) is 5.50. The summed E-state index contributed by atoms with van der Waals surface area (Å²) in [6.45, 7) is 0.763. The summed E-state index contributed by atoms with van der Waals surface area (Å²) < 4.78 is 0. The average molecular weight is 208 g/mol. The zero-order valence-electron chi connectivity index (χ0n) is 8.70. The van der Waals surface area contributed by atoms with Gasteiger partial charge in [-0.1, -0.05) is 19.3 Å². The highest BCUT2D eigenvalue weighted by molar-refractivity contribution is 5.90. The third-order valence-corrected chi connectivity index (χ3v) is 2.91. The molecule has 1 saturated carbocycles. The van der Waals surface area contributed by atoms with Crippen LogP contribution < -0.4 is 5.32 Å². The molecule has 1 amide bonds. The van der Waals surface area contributed by atoms with Gasteiger partial charge in [0.15, 0.2) is 0 Å². The van der Waals surface area contributed by atoms with Gasteiger partial charge in [-0.2, -0.15) is 5.10 Å². The highest BCUT2D eigenvalue weighted by Gasteiger charge is 2.15. The van der Waals surface area contributed by atoms with Gasteiger partial charge >= 0.3 is 0 Å². The predicted octanol–water partition coefficient (Wildman–Crippen LogP) is 1.11. The lowest BCUT2D eigenvalue weighted by molar-refractivity contribution is 0.0933. The second-order valence-electron chi connectivity index (χ2n) is 4.05. The van der Waals surface area contributed by atoms with Crippen molar-refractivity contribution in [2.45, 2.75) is 32.1 Å². The summed E-state index contributed by atoms with van der Waals surface area (Å²) in [5.41, 5.74) is 0. The van der Waals surface area contributed by atoms with Crippen molar-refractivity contribution in [2.24, 2.45) is 5.92 Å². The van der Waals surface area contributed by atoms with Gasteiger partial charge in [0, 0.05) is 6.54 Å². The number of hydrogen-bond acceptors (Lipinski definition) is 3. The Morgan fingerprint density at radius 2 is 2.27 bits per heavy atom. The van der Waals surface area contributed by atoms with Gasteiger partial charge in [0.25, 0.3) is 5.91 Å². The molecule has 1 aromatic rings. The second-order valence-corrected chi connectivity index (χ2v) is 4.05. The van der Waals surface area contributed by atoms with E-state index in [1.807, 2.05) is 0 Å². The first-order chi connectivity index (χ1) is 7.36. The van der Waals surface area contributed by atoms with E-state index in [9.17, 15) is 4.79 Å². The Hall–Kier alpha value is -1.39. The van der Waals surface area contributed by atoms with Crippen molar-refractivity contribution < 1.29 is 4.79 Å². The fourth-order valence-corrected chi connectivity index (χ4v) is 2.03. The van der Waals surface area contributed by atoms with Crippen LogP contribution in [0.3, 0.4) is 0 Å². The summed E-state index contributed by atoms with van der Waals surface area (Å²) in [4.78, 5) is 15.3. The van der Waals surface area contributed by atoms with Gasteiger partial charge in [-0.25, -0.2) is 4.98 Å². The SMILES string of the molecule is O=C(NCC1CCCCC1)c1ncn[nH]1. The highest BCUT2D eigenvalue weighted by Crippen LogP contribution is 2.22. The van der Waals surface area contributed by atoms with E-state index < -0.39 is 0 Å². The molecule has 0 atom stereocenters. The minimum absolute atomic E-state index is 0.155. The predicted molar refractivity (Wildman–Crippen MR) is 55.3 cm³/mol. The molecule has 5 heteroatoms. The number of nitrogens with zero attached hydrogens (tertiary/aromatic N) is 2. The number of nitrogens with one attached hydrogen (secondary N) is 2. The van der Waals surface area contributed by atoms with Crippen LogP contribution in [0.4, 0.5) is 0 Å². The smallest absolute Gasteiger partial charge is 0.288 e. The molecule has 1 heterocycles. The molecule has 0 bridgehead atoms. The number of amides is 1. The van der Waals surface area contributed by atoms with Crippen molar-refractivity contribution in [2.75, 3.05) is 6.54 Å². The summed E-state index contributed by atoms with van der Waals surface area (Å²) in [6.07, 6.45) is 7.74. The molecule has 0 aliphatic heterocycles. The van der Waals surface area contributed by atoms with Gasteiger partial charge in [-0.05, 0) is 18.8 Å². The maximum absolute atomic E-state index is 11.5. The second kappa shape index (κ2) is 4.91. The van der Waals surface area contributed by atoms with E-state index in [1.54, 1.807) is 0 Å². The molecule has 1 aliphatic carbocycles. The number of hydrogen-bond donors (Lipinski definition) is 2. The summed E-state index contributed by atoms with van der Waals surface area (Å²) in [5, 5.41) is 9.07. The van der Waals surface area contributed by atoms with Gasteiger partial charge in [0.2, 0.25) is 5.82 Å². The Bertz CT molecular complexity index is 303. The van der Waals surface area contributed by atoms with E-state index in [0.29, 0.717) is 11.7 Å². The molecule has 5 nitrogen and oxygen atoms in total. The molecule has 0 saturated heterocycles. The topological polar surface area (TPSA) is 70.7 Å². The maximum Gasteiger partial charge on any atom is 0.288 e. The number of carbonyl (C=O) groups excluding carboxylic acids is 1. The Balaban J connectivity index is 1.75. The van der Waals surface area contributed by atoms with Crippen molar-refractivity contribution >= 4 is 5.91 Å². The fourth-order valence-electron chi connectivity index (χ4n) is 2.03. The van der Waals surface area contributed by atoms with E-state index >= 15 is 0 Å². The van der Waals surface area contributed by atoms with Crippen molar-refractivity contribution in [3.8, 4) is 0 Å². The zero-order valence-corrected chi connectivity index (χ0v) is 8.70. The molecule has 0 aromatic carbocycles. The third kappa shape index (κ3) is 2.78. The summed E-state index contributed by atoms with van der Waals surface area (Å²) in [7, 11) is 0. The molecule has 0 radical (unpaired) electrons. The molecule has 2 N–H and O–H groups in total. The van der Waals surface area contributed by atoms with Crippen LogP contribution in [-0.2, 0) is 0 Å². The molecule has 82 valence electrons. The van der Waals surface area contributed by atoms with Crippen LogP contribution in [0.1, 0.15) is 42.7 Å². The number of aromatic nitrogens is 3. The summed E-state index contributed by atoms with van der Waals surface area (Å²) in [6, 6.07) is 0. The largest absolute Gasteiger partial charge is 0.349 e. The van der Waals surface area contributed by atoms with Gasteiger partial charge in [-0.15, -0.1) is 0 Å². The molecule has 2 rings (SSSR count). The van der Waals surface area contributed by atoms with E-state index in [-0.39, 0.29) is 5.91 Å². The Kier molecular flexibility index (Phi) is 3.32. The van der Waals surface area contributed by atoms with Crippen LogP contribution in [0.2, 0.25) is 0 Å². The Labute approximate surface area is 88.7 Å². The number of rotatable bonds is 3. The highest BCUT2D eigenvalue weighted by atomic mass is 16.2. The van der Waals surface area contributed by atoms with Gasteiger partial charge in [0.1, 0.15) is 6.33 Å². The molecule has 0 spiro atoms. The lowest BCUT2D eigenvalue weighted by Gasteiger charge is -2.21. The minimum Gasteiger partial charge on any atom is -0.349 e. The van der Waals surface area contributed by atoms with Gasteiger partial charge in [-0.3, -0.25) is 9.89 Å². The average Bonchev–Trinajstić information content (AvgIpc) is 2.81. The monoisotopic (exact) mass is 208 g/mol. The standard InChI is InChI=1S/C10H16N4O/c15-10(9-12-7-13-14-9)11-6-8-4-2-1-3-5-8/h7-8H,1-6H2,(H,11,15)(H,12,13,14). The minimum atomic E-state index is -0.155. The van der Waals surface area contributed by atoms with Crippen LogP contribution in [0.5, 0.6) is 0 Å². The van der Waals surface area contributed by atoms with E-state index in [0.717, 1.165) is 6.54 Å². The van der Waals surface area contributed by atoms with Gasteiger partial charge in [0.05, 0.1) is 0 Å². The van der Waals surface area contributed by atoms with Crippen molar-refractivity contribution in [3.05, 3.63) is 12.2 Å². The lowest BCUT2D eigenvalue weighted by Crippen LogP contribution is -2.30. The molecule has 1 aliphatic rings. The Morgan fingerprint density at radius 1 is 1.47 bits per heavy atom. The molecular weight excluding hydrogens is 192 g/mol. The number of carbonyl (C=O) groups is 1. The van der Waals surface area contributed by atoms with E-state index in [2.05, 4.69) is 20.5 Å². The third-order valence-electron chi connectivity index (χ3n) is 2.91. The van der Waals surface area contributed by atoms with Crippen LogP contribution in [0.15, 0.2) is 6.33 Å². The van der Waals surface area contributed by atoms with Crippen molar-refractivity contribution in [1.82, 2.24) is 20.5 Å². The fraction of sp³-hybridized carbons (Fsp3) is 0.700. The van der Waals surface area contributed by atoms with E-state index in [4.69, 9.17) is 0 Å². The number of H-pyrrole nitrogens is 1. The van der Waals surface area contributed by atoms with Crippen molar-refractivity contribution in [3.63, 3.8) is 0 Å². The van der Waals surface area contributed by atoms with Crippen molar-refractivity contribution in [1.29, 1.82) is 0 Å². The van der Waals surface area contributed by atoms with Crippen LogP contribution in [0, 0.1) is 5.92 Å². The quantitative estimate of drug-likeness (QED) is 0.781. The first kappa shape index (κ1) is 10.1. The zero-order chi connectivity index (χ0) is 10.5. The molecule has 15 heavy (non-hydrogen) atoms. The van der Waals surface area contributed by atoms with Gasteiger partial charge < -0.3 is 5.32 Å². The van der Waals surface area contributed by atoms with Crippen LogP contribution in [-0.4, -0.2) is 27.6 Å². The maximum atomic E-state index is 11.5. The summed E-state index contributed by atoms with van der Waals surface area (Å²) >= 11 is 0. The molecule has 1 aromatic heterocycles. The normalized spacial score (nSPS) is 17.6. The first-order valence-corrected chi connectivity index (χ1v) is 5.50. The molecule has 0 unspecified atom stereocenters. The molecule has 1 fully saturated rings. The summed E-state index contributed by atoms with van der Waals surface area (Å²) in [5.74, 6) is 0.787. The molecular formula is C10H16N4O.